The first-order valence-corrected chi connectivity index (χ1v) is 6.92. The monoisotopic (exact) mass is 285 g/mol. The van der Waals surface area contributed by atoms with Crippen molar-refractivity contribution >= 4 is 11.6 Å². The molecule has 0 saturated carbocycles. The van der Waals surface area contributed by atoms with E-state index in [1.165, 1.54) is 0 Å². The van der Waals surface area contributed by atoms with Gasteiger partial charge < -0.3 is 15.2 Å². The molecule has 0 fully saturated rings. The zero-order valence-electron chi connectivity index (χ0n) is 12.2. The van der Waals surface area contributed by atoms with E-state index in [0.29, 0.717) is 23.6 Å². The molecule has 0 aliphatic carbocycles. The Kier molecular flexibility index (Phi) is 4.95. The lowest BCUT2D eigenvalue weighted by Gasteiger charge is -2.10. The van der Waals surface area contributed by atoms with Gasteiger partial charge in [-0.15, -0.1) is 0 Å². The second-order valence-electron chi connectivity index (χ2n) is 4.72. The van der Waals surface area contributed by atoms with E-state index < -0.39 is 6.10 Å². The second-order valence-corrected chi connectivity index (χ2v) is 4.72. The summed E-state index contributed by atoms with van der Waals surface area (Å²) in [4.78, 5) is 12.2. The Morgan fingerprint density at radius 1 is 1.24 bits per heavy atom. The van der Waals surface area contributed by atoms with Crippen molar-refractivity contribution in [3.63, 3.8) is 0 Å². The number of ether oxygens (including phenoxy) is 1. The minimum Gasteiger partial charge on any atom is -0.494 e. The van der Waals surface area contributed by atoms with Crippen LogP contribution in [0.5, 0.6) is 5.75 Å². The molecule has 2 aromatic carbocycles. The summed E-state index contributed by atoms with van der Waals surface area (Å²) < 4.78 is 5.38. The fourth-order valence-electron chi connectivity index (χ4n) is 1.97. The molecule has 110 valence electrons. The van der Waals surface area contributed by atoms with Crippen LogP contribution in [0.3, 0.4) is 0 Å². The van der Waals surface area contributed by atoms with Gasteiger partial charge in [-0.1, -0.05) is 18.2 Å². The molecule has 21 heavy (non-hydrogen) atoms. The summed E-state index contributed by atoms with van der Waals surface area (Å²) in [5, 5.41) is 12.4. The van der Waals surface area contributed by atoms with Crippen LogP contribution >= 0.6 is 0 Å². The normalized spacial score (nSPS) is 11.8. The number of amides is 1. The molecule has 1 amide bonds. The summed E-state index contributed by atoms with van der Waals surface area (Å²) >= 11 is 0. The number of carbonyl (C=O) groups is 1. The Hall–Kier alpha value is -2.33. The first-order chi connectivity index (χ1) is 10.1. The van der Waals surface area contributed by atoms with Gasteiger partial charge in [0.15, 0.2) is 0 Å². The van der Waals surface area contributed by atoms with Gasteiger partial charge in [0.05, 0.1) is 12.7 Å². The van der Waals surface area contributed by atoms with Gasteiger partial charge in [-0.2, -0.15) is 0 Å². The van der Waals surface area contributed by atoms with Gasteiger partial charge in [0, 0.05) is 11.3 Å². The van der Waals surface area contributed by atoms with E-state index in [-0.39, 0.29) is 5.91 Å². The molecular weight excluding hydrogens is 266 g/mol. The van der Waals surface area contributed by atoms with Crippen LogP contribution in [0, 0.1) is 0 Å². The van der Waals surface area contributed by atoms with Crippen LogP contribution in [0.15, 0.2) is 48.5 Å². The predicted molar refractivity (Wildman–Crippen MR) is 82.6 cm³/mol. The fraction of sp³-hybridized carbons (Fsp3) is 0.235. The fourth-order valence-corrected chi connectivity index (χ4v) is 1.97. The van der Waals surface area contributed by atoms with Gasteiger partial charge >= 0.3 is 0 Å². The third-order valence-electron chi connectivity index (χ3n) is 3.03. The standard InChI is InChI=1S/C17H19NO3/c1-3-21-16-9-5-7-14(11-16)17(20)18-15-8-4-6-13(10-15)12(2)19/h4-12,19H,3H2,1-2H3,(H,18,20)/t12-/m0/s1. The molecule has 4 heteroatoms. The minimum atomic E-state index is -0.567. The lowest BCUT2D eigenvalue weighted by atomic mass is 10.1. The third kappa shape index (κ3) is 4.07. The Bertz CT molecular complexity index is 623. The van der Waals surface area contributed by atoms with E-state index in [2.05, 4.69) is 5.32 Å². The van der Waals surface area contributed by atoms with Crippen LogP contribution in [-0.2, 0) is 0 Å². The number of hydrogen-bond acceptors (Lipinski definition) is 3. The number of anilines is 1. The highest BCUT2D eigenvalue weighted by Crippen LogP contribution is 2.19. The third-order valence-corrected chi connectivity index (χ3v) is 3.03. The zero-order valence-corrected chi connectivity index (χ0v) is 12.2. The van der Waals surface area contributed by atoms with Gasteiger partial charge in [0.2, 0.25) is 0 Å². The van der Waals surface area contributed by atoms with Crippen molar-refractivity contribution in [3.8, 4) is 5.75 Å². The summed E-state index contributed by atoms with van der Waals surface area (Å²) in [6.45, 7) is 4.14. The van der Waals surface area contributed by atoms with Crippen molar-refractivity contribution in [3.05, 3.63) is 59.7 Å². The molecule has 0 bridgehead atoms. The van der Waals surface area contributed by atoms with Gasteiger partial charge in [-0.25, -0.2) is 0 Å². The smallest absolute Gasteiger partial charge is 0.255 e. The zero-order chi connectivity index (χ0) is 15.2. The summed E-state index contributed by atoms with van der Waals surface area (Å²) in [6, 6.07) is 14.2. The SMILES string of the molecule is CCOc1cccc(C(=O)Nc2cccc([C@H](C)O)c2)c1. The number of carbonyl (C=O) groups excluding carboxylic acids is 1. The molecule has 0 unspecified atom stereocenters. The second kappa shape index (κ2) is 6.90. The summed E-state index contributed by atoms with van der Waals surface area (Å²) in [7, 11) is 0. The first-order valence-electron chi connectivity index (χ1n) is 6.92. The molecule has 0 spiro atoms. The first kappa shape index (κ1) is 15.1. The summed E-state index contributed by atoms with van der Waals surface area (Å²) in [5.41, 5.74) is 1.94. The minimum absolute atomic E-state index is 0.209. The highest BCUT2D eigenvalue weighted by molar-refractivity contribution is 6.04. The van der Waals surface area contributed by atoms with E-state index in [1.807, 2.05) is 19.1 Å². The Morgan fingerprint density at radius 2 is 2.00 bits per heavy atom. The van der Waals surface area contributed by atoms with Crippen molar-refractivity contribution < 1.29 is 14.6 Å². The lowest BCUT2D eigenvalue weighted by molar-refractivity contribution is 0.102. The van der Waals surface area contributed by atoms with Crippen LogP contribution in [-0.4, -0.2) is 17.6 Å². The predicted octanol–water partition coefficient (Wildman–Crippen LogP) is 3.39. The molecule has 0 aromatic heterocycles. The lowest BCUT2D eigenvalue weighted by Crippen LogP contribution is -2.12. The van der Waals surface area contributed by atoms with Gasteiger partial charge in [-0.05, 0) is 49.7 Å². The quantitative estimate of drug-likeness (QED) is 0.885. The molecule has 0 radical (unpaired) electrons. The molecule has 2 rings (SSSR count). The molecule has 2 N–H and O–H groups in total. The van der Waals surface area contributed by atoms with Crippen LogP contribution in [0.25, 0.3) is 0 Å². The van der Waals surface area contributed by atoms with Gasteiger partial charge in [-0.3, -0.25) is 4.79 Å². The number of benzene rings is 2. The number of rotatable bonds is 5. The molecule has 0 aliphatic heterocycles. The summed E-state index contributed by atoms with van der Waals surface area (Å²) in [5.74, 6) is 0.460. The van der Waals surface area contributed by atoms with E-state index in [9.17, 15) is 9.90 Å². The van der Waals surface area contributed by atoms with Gasteiger partial charge in [0.1, 0.15) is 5.75 Å². The molecule has 4 nitrogen and oxygen atoms in total. The maximum Gasteiger partial charge on any atom is 0.255 e. The Labute approximate surface area is 124 Å². The Balaban J connectivity index is 2.14. The molecular formula is C17H19NO3. The van der Waals surface area contributed by atoms with Crippen LogP contribution in [0.2, 0.25) is 0 Å². The highest BCUT2D eigenvalue weighted by Gasteiger charge is 2.08. The molecule has 2 aromatic rings. The molecule has 0 heterocycles. The molecule has 0 saturated heterocycles. The van der Waals surface area contributed by atoms with Crippen molar-refractivity contribution in [1.29, 1.82) is 0 Å². The van der Waals surface area contributed by atoms with E-state index in [0.717, 1.165) is 5.56 Å². The average Bonchev–Trinajstić information content (AvgIpc) is 2.48. The Morgan fingerprint density at radius 3 is 2.71 bits per heavy atom. The number of nitrogens with one attached hydrogen (secondary N) is 1. The van der Waals surface area contributed by atoms with E-state index in [4.69, 9.17) is 4.74 Å². The van der Waals surface area contributed by atoms with Crippen LogP contribution in [0.1, 0.15) is 35.9 Å². The maximum absolute atomic E-state index is 12.2. The molecule has 1 atom stereocenters. The summed E-state index contributed by atoms with van der Waals surface area (Å²) in [6.07, 6.45) is -0.567. The largest absolute Gasteiger partial charge is 0.494 e. The highest BCUT2D eigenvalue weighted by atomic mass is 16.5. The van der Waals surface area contributed by atoms with Crippen molar-refractivity contribution in [2.45, 2.75) is 20.0 Å². The van der Waals surface area contributed by atoms with E-state index >= 15 is 0 Å². The molecule has 0 aliphatic rings. The average molecular weight is 285 g/mol. The topological polar surface area (TPSA) is 58.6 Å². The maximum atomic E-state index is 12.2. The number of aliphatic hydroxyl groups is 1. The van der Waals surface area contributed by atoms with Gasteiger partial charge in [0.25, 0.3) is 5.91 Å². The number of aliphatic hydroxyl groups excluding tert-OH is 1. The number of hydrogen-bond donors (Lipinski definition) is 2. The van der Waals surface area contributed by atoms with Crippen LogP contribution in [0.4, 0.5) is 5.69 Å². The van der Waals surface area contributed by atoms with Crippen molar-refractivity contribution in [1.82, 2.24) is 0 Å². The van der Waals surface area contributed by atoms with E-state index in [1.54, 1.807) is 43.3 Å². The van der Waals surface area contributed by atoms with Crippen molar-refractivity contribution in [2.24, 2.45) is 0 Å². The van der Waals surface area contributed by atoms with Crippen molar-refractivity contribution in [2.75, 3.05) is 11.9 Å². The van der Waals surface area contributed by atoms with Crippen LogP contribution < -0.4 is 10.1 Å².